The number of carbonyl (C=O) groups excluding carboxylic acids is 1. The van der Waals surface area contributed by atoms with E-state index in [0.717, 1.165) is 12.8 Å². The Bertz CT molecular complexity index is 1290. The van der Waals surface area contributed by atoms with Gasteiger partial charge >= 0.3 is 0 Å². The smallest absolute Gasteiger partial charge is 0.276 e. The van der Waals surface area contributed by atoms with Gasteiger partial charge in [-0.3, -0.25) is 14.2 Å². The van der Waals surface area contributed by atoms with Crippen molar-refractivity contribution in [3.8, 4) is 5.69 Å². The Morgan fingerprint density at radius 1 is 1.16 bits per heavy atom. The first kappa shape index (κ1) is 22.6. The molecule has 1 atom stereocenters. The Morgan fingerprint density at radius 2 is 1.91 bits per heavy atom. The minimum absolute atomic E-state index is 0.0429. The lowest BCUT2D eigenvalue weighted by molar-refractivity contribution is -0.119. The molecule has 2 aromatic carbocycles. The second-order valence-corrected chi connectivity index (χ2v) is 9.67. The van der Waals surface area contributed by atoms with Crippen molar-refractivity contribution in [2.24, 2.45) is 0 Å². The van der Waals surface area contributed by atoms with Crippen LogP contribution >= 0.6 is 34.7 Å². The number of halogens is 1. The van der Waals surface area contributed by atoms with Gasteiger partial charge in [0.1, 0.15) is 4.70 Å². The maximum atomic E-state index is 13.2. The molecule has 0 fully saturated rings. The normalized spacial score (nSPS) is 12.1. The third-order valence-electron chi connectivity index (χ3n) is 4.99. The molecule has 0 radical (unpaired) electrons. The van der Waals surface area contributed by atoms with Crippen LogP contribution in [0.25, 0.3) is 15.9 Å². The lowest BCUT2D eigenvalue weighted by Gasteiger charge is -2.15. The van der Waals surface area contributed by atoms with E-state index in [1.54, 1.807) is 12.1 Å². The number of carbonyl (C=O) groups is 1. The van der Waals surface area contributed by atoms with Crippen LogP contribution in [0.2, 0.25) is 5.02 Å². The average Bonchev–Trinajstić information content (AvgIpc) is 3.27. The molecule has 0 aliphatic heterocycles. The predicted molar refractivity (Wildman–Crippen MR) is 133 cm³/mol. The van der Waals surface area contributed by atoms with E-state index in [0.29, 0.717) is 26.1 Å². The molecule has 4 rings (SSSR count). The van der Waals surface area contributed by atoms with Crippen LogP contribution in [0.15, 0.2) is 76.0 Å². The summed E-state index contributed by atoms with van der Waals surface area (Å²) in [5.74, 6) is 0.0586. The predicted octanol–water partition coefficient (Wildman–Crippen LogP) is 5.33. The van der Waals surface area contributed by atoms with E-state index in [1.807, 2.05) is 48.7 Å². The average molecular weight is 484 g/mol. The van der Waals surface area contributed by atoms with E-state index in [2.05, 4.69) is 22.4 Å². The van der Waals surface area contributed by atoms with Crippen LogP contribution in [0.1, 0.15) is 18.9 Å². The molecule has 0 aliphatic rings. The van der Waals surface area contributed by atoms with Crippen LogP contribution in [-0.4, -0.2) is 27.3 Å². The molecule has 32 heavy (non-hydrogen) atoms. The van der Waals surface area contributed by atoms with Crippen LogP contribution in [0, 0.1) is 0 Å². The number of amides is 1. The molecule has 0 saturated carbocycles. The van der Waals surface area contributed by atoms with Crippen molar-refractivity contribution >= 4 is 50.8 Å². The number of rotatable bonds is 8. The Morgan fingerprint density at radius 3 is 2.69 bits per heavy atom. The lowest BCUT2D eigenvalue weighted by atomic mass is 10.1. The Balaban J connectivity index is 1.48. The van der Waals surface area contributed by atoms with Gasteiger partial charge < -0.3 is 5.32 Å². The number of nitrogens with one attached hydrogen (secondary N) is 1. The van der Waals surface area contributed by atoms with Crippen LogP contribution in [-0.2, 0) is 11.2 Å². The number of fused-ring (bicyclic) bond motifs is 1. The van der Waals surface area contributed by atoms with E-state index in [1.165, 1.54) is 33.2 Å². The number of thioether (sulfide) groups is 1. The maximum Gasteiger partial charge on any atom is 0.276 e. The number of hydrogen-bond donors (Lipinski definition) is 1. The summed E-state index contributed by atoms with van der Waals surface area (Å²) >= 11 is 8.95. The van der Waals surface area contributed by atoms with Gasteiger partial charge in [-0.05, 0) is 48.9 Å². The molecular formula is C24H22ClN3O2S2. The van der Waals surface area contributed by atoms with Gasteiger partial charge in [-0.15, -0.1) is 11.3 Å². The molecule has 8 heteroatoms. The fourth-order valence-corrected chi connectivity index (χ4v) is 5.18. The summed E-state index contributed by atoms with van der Waals surface area (Å²) in [5, 5.41) is 5.78. The standard InChI is InChI=1S/C24H22ClN3O2S2/c1-16(11-12-17-7-3-2-4-8-17)26-21(29)15-32-24-27-19-13-14-31-22(19)23(30)28(24)20-10-6-5-9-18(20)25/h2-10,13-14,16H,11-12,15H2,1H3,(H,26,29)/t16-/m1/s1. The van der Waals surface area contributed by atoms with Crippen molar-refractivity contribution in [1.82, 2.24) is 14.9 Å². The second-order valence-electron chi connectivity index (χ2n) is 7.40. The van der Waals surface area contributed by atoms with Crippen LogP contribution in [0.3, 0.4) is 0 Å². The van der Waals surface area contributed by atoms with E-state index in [4.69, 9.17) is 11.6 Å². The molecule has 164 valence electrons. The summed E-state index contributed by atoms with van der Waals surface area (Å²) in [4.78, 5) is 30.4. The number of benzene rings is 2. The number of nitrogens with zero attached hydrogens (tertiary/aromatic N) is 2. The third-order valence-corrected chi connectivity index (χ3v) is 7.14. The molecular weight excluding hydrogens is 462 g/mol. The number of aryl methyl sites for hydroxylation is 1. The van der Waals surface area contributed by atoms with E-state index < -0.39 is 0 Å². The first-order chi connectivity index (χ1) is 15.5. The van der Waals surface area contributed by atoms with Gasteiger partial charge in [-0.2, -0.15) is 0 Å². The molecule has 2 heterocycles. The van der Waals surface area contributed by atoms with Crippen molar-refractivity contribution in [3.05, 3.63) is 87.0 Å². The topological polar surface area (TPSA) is 64.0 Å². The zero-order valence-corrected chi connectivity index (χ0v) is 19.8. The molecule has 4 aromatic rings. The molecule has 0 spiro atoms. The Labute approximate surface area is 199 Å². The van der Waals surface area contributed by atoms with Crippen LogP contribution < -0.4 is 10.9 Å². The summed E-state index contributed by atoms with van der Waals surface area (Å²) < 4.78 is 2.06. The zero-order valence-electron chi connectivity index (χ0n) is 17.5. The summed E-state index contributed by atoms with van der Waals surface area (Å²) in [7, 11) is 0. The van der Waals surface area contributed by atoms with Crippen molar-refractivity contribution in [1.29, 1.82) is 0 Å². The number of thiophene rings is 1. The minimum atomic E-state index is -0.183. The van der Waals surface area contributed by atoms with E-state index in [-0.39, 0.29) is 23.3 Å². The van der Waals surface area contributed by atoms with Gasteiger partial charge in [0.25, 0.3) is 5.56 Å². The SMILES string of the molecule is C[C@H](CCc1ccccc1)NC(=O)CSc1nc2ccsc2c(=O)n1-c1ccccc1Cl. The number of aromatic nitrogens is 2. The van der Waals surface area contributed by atoms with Crippen molar-refractivity contribution < 1.29 is 4.79 Å². The largest absolute Gasteiger partial charge is 0.353 e. The Hall–Kier alpha value is -2.61. The lowest BCUT2D eigenvalue weighted by Crippen LogP contribution is -2.34. The molecule has 1 amide bonds. The van der Waals surface area contributed by atoms with E-state index in [9.17, 15) is 9.59 Å². The highest BCUT2D eigenvalue weighted by Gasteiger charge is 2.17. The minimum Gasteiger partial charge on any atom is -0.353 e. The summed E-state index contributed by atoms with van der Waals surface area (Å²) in [6.07, 6.45) is 1.75. The van der Waals surface area contributed by atoms with E-state index >= 15 is 0 Å². The van der Waals surface area contributed by atoms with Gasteiger partial charge in [0.05, 0.1) is 22.0 Å². The molecule has 5 nitrogen and oxygen atoms in total. The molecule has 0 aliphatic carbocycles. The van der Waals surface area contributed by atoms with Gasteiger partial charge in [0.2, 0.25) is 5.91 Å². The quantitative estimate of drug-likeness (QED) is 0.272. The van der Waals surface area contributed by atoms with Crippen LogP contribution in [0.4, 0.5) is 0 Å². The summed E-state index contributed by atoms with van der Waals surface area (Å²) in [6, 6.07) is 19.2. The molecule has 2 aromatic heterocycles. The first-order valence-corrected chi connectivity index (χ1v) is 12.5. The molecule has 0 unspecified atom stereocenters. The van der Waals surface area contributed by atoms with Crippen molar-refractivity contribution in [2.75, 3.05) is 5.75 Å². The summed E-state index contributed by atoms with van der Waals surface area (Å²) in [6.45, 7) is 2.00. The zero-order chi connectivity index (χ0) is 22.5. The highest BCUT2D eigenvalue weighted by atomic mass is 35.5. The molecule has 0 bridgehead atoms. The van der Waals surface area contributed by atoms with Gasteiger partial charge in [-0.1, -0.05) is 65.8 Å². The number of hydrogen-bond acceptors (Lipinski definition) is 5. The van der Waals surface area contributed by atoms with Crippen molar-refractivity contribution in [3.63, 3.8) is 0 Å². The monoisotopic (exact) mass is 483 g/mol. The fraction of sp³-hybridized carbons (Fsp3) is 0.208. The van der Waals surface area contributed by atoms with Gasteiger partial charge in [-0.25, -0.2) is 4.98 Å². The maximum absolute atomic E-state index is 13.2. The van der Waals surface area contributed by atoms with Crippen LogP contribution in [0.5, 0.6) is 0 Å². The molecule has 0 saturated heterocycles. The highest BCUT2D eigenvalue weighted by Crippen LogP contribution is 2.27. The first-order valence-electron chi connectivity index (χ1n) is 10.2. The highest BCUT2D eigenvalue weighted by molar-refractivity contribution is 7.99. The van der Waals surface area contributed by atoms with Gasteiger partial charge in [0.15, 0.2) is 5.16 Å². The Kier molecular flexibility index (Phi) is 7.29. The summed E-state index contributed by atoms with van der Waals surface area (Å²) in [5.41, 5.74) is 2.25. The van der Waals surface area contributed by atoms with Crippen molar-refractivity contribution in [2.45, 2.75) is 31.0 Å². The molecule has 1 N–H and O–H groups in total. The third kappa shape index (κ3) is 5.23. The van der Waals surface area contributed by atoms with Gasteiger partial charge in [0, 0.05) is 6.04 Å². The fourth-order valence-electron chi connectivity index (χ4n) is 3.38. The second kappa shape index (κ2) is 10.3. The number of para-hydroxylation sites is 1.